The molecule has 0 saturated carbocycles. The maximum Gasteiger partial charge on any atom is 0.418 e. The lowest BCUT2D eigenvalue weighted by molar-refractivity contribution is -0.384. The molecule has 0 radical (unpaired) electrons. The third-order valence-electron chi connectivity index (χ3n) is 2.97. The molecule has 0 saturated heterocycles. The van der Waals surface area contributed by atoms with Crippen LogP contribution in [0.15, 0.2) is 60.9 Å². The van der Waals surface area contributed by atoms with Crippen molar-refractivity contribution in [3.05, 3.63) is 71.0 Å². The first-order valence-electron chi connectivity index (χ1n) is 6.83. The second kappa shape index (κ2) is 6.57. The zero-order valence-electron chi connectivity index (χ0n) is 12.2. The normalized spacial score (nSPS) is 10.2. The van der Waals surface area contributed by atoms with Crippen molar-refractivity contribution in [1.29, 1.82) is 0 Å². The number of carbonyl (C=O) groups is 1. The van der Waals surface area contributed by atoms with E-state index >= 15 is 0 Å². The molecular formula is C15H11N5O4. The number of nitro groups is 1. The van der Waals surface area contributed by atoms with Crippen LogP contribution < -0.4 is 10.1 Å². The fourth-order valence-electron chi connectivity index (χ4n) is 1.93. The molecule has 24 heavy (non-hydrogen) atoms. The molecule has 2 heterocycles. The van der Waals surface area contributed by atoms with Crippen molar-refractivity contribution in [2.75, 3.05) is 5.32 Å². The van der Waals surface area contributed by atoms with E-state index < -0.39 is 11.0 Å². The number of nitrogens with zero attached hydrogens (tertiary/aromatic N) is 4. The van der Waals surface area contributed by atoms with Crippen LogP contribution in [-0.2, 0) is 0 Å². The van der Waals surface area contributed by atoms with Crippen LogP contribution >= 0.6 is 0 Å². The average molecular weight is 325 g/mol. The van der Waals surface area contributed by atoms with Crippen molar-refractivity contribution in [2.45, 2.75) is 0 Å². The Kier molecular flexibility index (Phi) is 4.15. The van der Waals surface area contributed by atoms with Gasteiger partial charge in [-0.1, -0.05) is 18.2 Å². The van der Waals surface area contributed by atoms with E-state index in [-0.39, 0.29) is 11.5 Å². The fraction of sp³-hybridized carbons (Fsp3) is 0. The number of hydrogen-bond donors (Lipinski definition) is 1. The molecule has 0 unspecified atom stereocenters. The summed E-state index contributed by atoms with van der Waals surface area (Å²) in [6, 6.07) is 12.7. The summed E-state index contributed by atoms with van der Waals surface area (Å²) in [5, 5.41) is 17.4. The number of amides is 1. The lowest BCUT2D eigenvalue weighted by Crippen LogP contribution is -2.19. The number of pyridine rings is 1. The van der Waals surface area contributed by atoms with Crippen molar-refractivity contribution in [2.24, 2.45) is 0 Å². The summed E-state index contributed by atoms with van der Waals surface area (Å²) in [6.45, 7) is 0. The highest BCUT2D eigenvalue weighted by Crippen LogP contribution is 2.23. The zero-order valence-corrected chi connectivity index (χ0v) is 12.2. The molecule has 0 aliphatic heterocycles. The van der Waals surface area contributed by atoms with Gasteiger partial charge >= 0.3 is 11.8 Å². The van der Waals surface area contributed by atoms with Crippen molar-refractivity contribution < 1.29 is 14.5 Å². The van der Waals surface area contributed by atoms with Gasteiger partial charge in [0.1, 0.15) is 5.75 Å². The summed E-state index contributed by atoms with van der Waals surface area (Å²) < 4.78 is 6.46. The van der Waals surface area contributed by atoms with Gasteiger partial charge in [0.2, 0.25) is 5.82 Å². The predicted molar refractivity (Wildman–Crippen MR) is 84.1 cm³/mol. The Labute approximate surface area is 135 Å². The highest BCUT2D eigenvalue weighted by molar-refractivity contribution is 5.87. The molecule has 0 fully saturated rings. The van der Waals surface area contributed by atoms with Crippen LogP contribution in [0.25, 0.3) is 5.82 Å². The lowest BCUT2D eigenvalue weighted by Gasteiger charge is -2.08. The van der Waals surface area contributed by atoms with Gasteiger partial charge in [0.25, 0.3) is 0 Å². The highest BCUT2D eigenvalue weighted by Gasteiger charge is 2.19. The van der Waals surface area contributed by atoms with Crippen molar-refractivity contribution in [1.82, 2.24) is 14.8 Å². The molecule has 9 nitrogen and oxygen atoms in total. The number of benzene rings is 1. The van der Waals surface area contributed by atoms with E-state index in [0.717, 1.165) is 0 Å². The van der Waals surface area contributed by atoms with E-state index in [4.69, 9.17) is 4.74 Å². The summed E-state index contributed by atoms with van der Waals surface area (Å²) in [7, 11) is 0. The Morgan fingerprint density at radius 1 is 1.17 bits per heavy atom. The first-order valence-corrected chi connectivity index (χ1v) is 6.83. The molecule has 0 bridgehead atoms. The van der Waals surface area contributed by atoms with Gasteiger partial charge in [-0.15, -0.1) is 0 Å². The van der Waals surface area contributed by atoms with Gasteiger partial charge in [-0.2, -0.15) is 5.10 Å². The number of nitrogens with one attached hydrogen (secondary N) is 1. The average Bonchev–Trinajstić information content (AvgIpc) is 3.10. The minimum Gasteiger partial charge on any atom is -0.410 e. The van der Waals surface area contributed by atoms with Gasteiger partial charge in [-0.05, 0) is 24.3 Å². The molecule has 1 amide bonds. The van der Waals surface area contributed by atoms with E-state index in [1.54, 1.807) is 48.8 Å². The van der Waals surface area contributed by atoms with E-state index in [9.17, 15) is 14.9 Å². The number of hydrogen-bond acceptors (Lipinski definition) is 6. The van der Waals surface area contributed by atoms with Gasteiger partial charge in [0.15, 0.2) is 5.82 Å². The van der Waals surface area contributed by atoms with E-state index in [1.165, 1.54) is 16.8 Å². The summed E-state index contributed by atoms with van der Waals surface area (Å²) in [5.41, 5.74) is -0.351. The molecule has 120 valence electrons. The first kappa shape index (κ1) is 15.2. The molecule has 1 N–H and O–H groups in total. The molecule has 0 spiro atoms. The lowest BCUT2D eigenvalue weighted by atomic mass is 10.3. The van der Waals surface area contributed by atoms with Crippen LogP contribution in [0.2, 0.25) is 0 Å². The fourth-order valence-corrected chi connectivity index (χ4v) is 1.93. The zero-order chi connectivity index (χ0) is 16.9. The summed E-state index contributed by atoms with van der Waals surface area (Å²) in [5.74, 6) is 0.399. The Morgan fingerprint density at radius 2 is 1.96 bits per heavy atom. The molecular weight excluding hydrogens is 314 g/mol. The number of para-hydroxylation sites is 1. The second-order valence-electron chi connectivity index (χ2n) is 4.57. The summed E-state index contributed by atoms with van der Waals surface area (Å²) in [4.78, 5) is 26.5. The minimum atomic E-state index is -0.880. The van der Waals surface area contributed by atoms with Gasteiger partial charge in [-0.25, -0.2) is 14.5 Å². The Morgan fingerprint density at radius 3 is 2.62 bits per heavy atom. The van der Waals surface area contributed by atoms with Crippen molar-refractivity contribution in [3.8, 4) is 11.6 Å². The first-order chi connectivity index (χ1) is 11.6. The third-order valence-corrected chi connectivity index (χ3v) is 2.97. The second-order valence-corrected chi connectivity index (χ2v) is 4.57. The SMILES string of the molecule is O=C(Nc1nc(-n2cccn2)ccc1[N+](=O)[O-])Oc1ccccc1. The number of carbonyl (C=O) groups excluding carboxylic acids is 1. The summed E-state index contributed by atoms with van der Waals surface area (Å²) >= 11 is 0. The molecule has 3 aromatic rings. The van der Waals surface area contributed by atoms with Crippen molar-refractivity contribution >= 4 is 17.6 Å². The van der Waals surface area contributed by atoms with Crippen LogP contribution in [0.4, 0.5) is 16.3 Å². The molecule has 1 aromatic carbocycles. The Bertz CT molecular complexity index is 865. The Balaban J connectivity index is 1.86. The molecule has 0 aliphatic rings. The smallest absolute Gasteiger partial charge is 0.410 e. The van der Waals surface area contributed by atoms with Crippen LogP contribution in [0.1, 0.15) is 0 Å². The third kappa shape index (κ3) is 3.35. The summed E-state index contributed by atoms with van der Waals surface area (Å²) in [6.07, 6.45) is 2.29. The van der Waals surface area contributed by atoms with Crippen LogP contribution in [0.3, 0.4) is 0 Å². The molecule has 9 heteroatoms. The van der Waals surface area contributed by atoms with Crippen LogP contribution in [0, 0.1) is 10.1 Å². The van der Waals surface area contributed by atoms with E-state index in [0.29, 0.717) is 11.6 Å². The molecule has 0 atom stereocenters. The monoisotopic (exact) mass is 325 g/mol. The number of rotatable bonds is 4. The van der Waals surface area contributed by atoms with E-state index in [2.05, 4.69) is 15.4 Å². The Hall–Kier alpha value is -3.75. The van der Waals surface area contributed by atoms with Crippen molar-refractivity contribution in [3.63, 3.8) is 0 Å². The number of aromatic nitrogens is 3. The van der Waals surface area contributed by atoms with E-state index in [1.807, 2.05) is 0 Å². The molecule has 0 aliphatic carbocycles. The number of ether oxygens (including phenoxy) is 1. The largest absolute Gasteiger partial charge is 0.418 e. The maximum atomic E-state index is 11.9. The van der Waals surface area contributed by atoms with Crippen LogP contribution in [0.5, 0.6) is 5.75 Å². The molecule has 3 rings (SSSR count). The standard InChI is InChI=1S/C15H11N5O4/c21-15(24-11-5-2-1-3-6-11)18-14-12(20(22)23)7-8-13(17-14)19-10-4-9-16-19/h1-10H,(H,17,18,21). The van der Waals surface area contributed by atoms with Gasteiger partial charge in [-0.3, -0.25) is 15.4 Å². The van der Waals surface area contributed by atoms with Crippen LogP contribution in [-0.4, -0.2) is 25.8 Å². The quantitative estimate of drug-likeness (QED) is 0.583. The number of anilines is 1. The minimum absolute atomic E-state index is 0.228. The predicted octanol–water partition coefficient (Wildman–Crippen LogP) is 2.79. The maximum absolute atomic E-state index is 11.9. The van der Waals surface area contributed by atoms with Gasteiger partial charge in [0.05, 0.1) is 4.92 Å². The molecule has 2 aromatic heterocycles. The van der Waals surface area contributed by atoms with Gasteiger partial charge < -0.3 is 4.74 Å². The van der Waals surface area contributed by atoms with Gasteiger partial charge in [0, 0.05) is 18.5 Å². The topological polar surface area (TPSA) is 112 Å². The highest BCUT2D eigenvalue weighted by atomic mass is 16.6.